The molecule has 0 saturated heterocycles. The standard InChI is InChI=1S/C23H14FN/c24-20-9-5-8-16(13-20)19(15-25)14-23-21-10-3-1-6-17(21)12-18-7-2-4-11-22(18)23/h1-14H/b19-14-. The van der Waals surface area contributed by atoms with Crippen molar-refractivity contribution in [3.8, 4) is 6.07 Å². The predicted octanol–water partition coefficient (Wildman–Crippen LogP) is 6.20. The van der Waals surface area contributed by atoms with Crippen LogP contribution >= 0.6 is 0 Å². The average Bonchev–Trinajstić information content (AvgIpc) is 2.65. The van der Waals surface area contributed by atoms with E-state index in [1.165, 1.54) is 12.1 Å². The van der Waals surface area contributed by atoms with Gasteiger partial charge in [-0.1, -0.05) is 60.7 Å². The smallest absolute Gasteiger partial charge is 0.123 e. The molecule has 4 aromatic rings. The molecule has 2 heteroatoms. The van der Waals surface area contributed by atoms with E-state index in [9.17, 15) is 9.65 Å². The molecule has 0 aliphatic carbocycles. The summed E-state index contributed by atoms with van der Waals surface area (Å²) >= 11 is 0. The maximum absolute atomic E-state index is 13.6. The van der Waals surface area contributed by atoms with Crippen LogP contribution in [0.2, 0.25) is 0 Å². The van der Waals surface area contributed by atoms with Crippen molar-refractivity contribution in [3.05, 3.63) is 95.8 Å². The van der Waals surface area contributed by atoms with Crippen molar-refractivity contribution in [2.75, 3.05) is 0 Å². The molecule has 25 heavy (non-hydrogen) atoms. The highest BCUT2D eigenvalue weighted by Gasteiger charge is 2.08. The fraction of sp³-hybridized carbons (Fsp3) is 0. The molecule has 0 N–H and O–H groups in total. The number of fused-ring (bicyclic) bond motifs is 2. The van der Waals surface area contributed by atoms with Crippen molar-refractivity contribution in [2.24, 2.45) is 0 Å². The van der Waals surface area contributed by atoms with E-state index in [1.54, 1.807) is 12.1 Å². The van der Waals surface area contributed by atoms with E-state index in [2.05, 4.69) is 24.3 Å². The largest absolute Gasteiger partial charge is 0.207 e. The van der Waals surface area contributed by atoms with E-state index in [0.717, 1.165) is 27.1 Å². The highest BCUT2D eigenvalue weighted by Crippen LogP contribution is 2.31. The molecule has 0 saturated carbocycles. The number of halogens is 1. The summed E-state index contributed by atoms with van der Waals surface area (Å²) in [5.41, 5.74) is 2.01. The fourth-order valence-electron chi connectivity index (χ4n) is 3.18. The summed E-state index contributed by atoms with van der Waals surface area (Å²) in [4.78, 5) is 0. The number of hydrogen-bond donors (Lipinski definition) is 0. The van der Waals surface area contributed by atoms with Gasteiger partial charge in [-0.25, -0.2) is 4.39 Å². The molecule has 0 atom stereocenters. The molecule has 0 radical (unpaired) electrons. The molecule has 118 valence electrons. The summed E-state index contributed by atoms with van der Waals surface area (Å²) in [5, 5.41) is 14.0. The molecule has 0 aliphatic rings. The monoisotopic (exact) mass is 323 g/mol. The van der Waals surface area contributed by atoms with Gasteiger partial charge in [0.1, 0.15) is 5.82 Å². The van der Waals surface area contributed by atoms with E-state index in [-0.39, 0.29) is 5.82 Å². The zero-order chi connectivity index (χ0) is 17.2. The van der Waals surface area contributed by atoms with Gasteiger partial charge in [-0.15, -0.1) is 0 Å². The molecule has 0 amide bonds. The van der Waals surface area contributed by atoms with Crippen LogP contribution in [0.1, 0.15) is 11.1 Å². The molecule has 4 aromatic carbocycles. The quantitative estimate of drug-likeness (QED) is 0.245. The minimum absolute atomic E-state index is 0.346. The Balaban J connectivity index is 2.05. The zero-order valence-corrected chi connectivity index (χ0v) is 13.4. The van der Waals surface area contributed by atoms with Crippen molar-refractivity contribution >= 4 is 33.2 Å². The van der Waals surface area contributed by atoms with Crippen LogP contribution in [-0.4, -0.2) is 0 Å². The minimum Gasteiger partial charge on any atom is -0.207 e. The second-order valence-corrected chi connectivity index (χ2v) is 5.91. The lowest BCUT2D eigenvalue weighted by Gasteiger charge is -2.09. The molecular weight excluding hydrogens is 309 g/mol. The summed E-state index contributed by atoms with van der Waals surface area (Å²) in [6.45, 7) is 0. The van der Waals surface area contributed by atoms with Crippen LogP contribution in [0, 0.1) is 17.1 Å². The van der Waals surface area contributed by atoms with E-state index >= 15 is 0 Å². The van der Waals surface area contributed by atoms with Crippen LogP contribution in [0.3, 0.4) is 0 Å². The normalized spacial score (nSPS) is 11.6. The second kappa shape index (κ2) is 6.22. The Labute approximate surface area is 145 Å². The number of nitriles is 1. The van der Waals surface area contributed by atoms with Gasteiger partial charge in [-0.05, 0) is 56.9 Å². The van der Waals surface area contributed by atoms with Crippen molar-refractivity contribution in [3.63, 3.8) is 0 Å². The van der Waals surface area contributed by atoms with Crippen LogP contribution in [0.25, 0.3) is 33.2 Å². The summed E-state index contributed by atoms with van der Waals surface area (Å²) < 4.78 is 13.6. The van der Waals surface area contributed by atoms with Crippen LogP contribution in [0.4, 0.5) is 4.39 Å². The second-order valence-electron chi connectivity index (χ2n) is 5.91. The Morgan fingerprint density at radius 3 is 2.04 bits per heavy atom. The molecule has 0 aromatic heterocycles. The van der Waals surface area contributed by atoms with Crippen molar-refractivity contribution in [1.82, 2.24) is 0 Å². The van der Waals surface area contributed by atoms with E-state index in [1.807, 2.05) is 42.5 Å². The first-order valence-corrected chi connectivity index (χ1v) is 8.04. The average molecular weight is 323 g/mol. The number of rotatable bonds is 2. The van der Waals surface area contributed by atoms with Gasteiger partial charge in [0.05, 0.1) is 11.6 Å². The molecule has 4 rings (SSSR count). The molecule has 0 bridgehead atoms. The molecule has 0 heterocycles. The minimum atomic E-state index is -0.346. The Hall–Kier alpha value is -3.44. The van der Waals surface area contributed by atoms with Crippen LogP contribution in [0.5, 0.6) is 0 Å². The van der Waals surface area contributed by atoms with Gasteiger partial charge in [-0.3, -0.25) is 0 Å². The Bertz CT molecular complexity index is 1110. The first-order chi connectivity index (χ1) is 12.3. The van der Waals surface area contributed by atoms with Gasteiger partial charge in [-0.2, -0.15) is 5.26 Å². The lowest BCUT2D eigenvalue weighted by atomic mass is 9.94. The summed E-state index contributed by atoms with van der Waals surface area (Å²) in [6.07, 6.45) is 1.86. The molecular formula is C23H14FN. The Morgan fingerprint density at radius 2 is 1.44 bits per heavy atom. The van der Waals surface area contributed by atoms with Gasteiger partial charge in [0.25, 0.3) is 0 Å². The number of benzene rings is 4. The van der Waals surface area contributed by atoms with Gasteiger partial charge >= 0.3 is 0 Å². The van der Waals surface area contributed by atoms with Crippen LogP contribution in [-0.2, 0) is 0 Å². The topological polar surface area (TPSA) is 23.8 Å². The SMILES string of the molecule is N#C/C(=C/c1c2ccccc2cc2ccccc12)c1cccc(F)c1. The predicted molar refractivity (Wildman–Crippen MR) is 101 cm³/mol. The zero-order valence-electron chi connectivity index (χ0n) is 13.4. The first kappa shape index (κ1) is 15.1. The van der Waals surface area contributed by atoms with Crippen molar-refractivity contribution < 1.29 is 4.39 Å². The van der Waals surface area contributed by atoms with Crippen molar-refractivity contribution in [1.29, 1.82) is 5.26 Å². The number of nitrogens with zero attached hydrogens (tertiary/aromatic N) is 1. The van der Waals surface area contributed by atoms with Gasteiger partial charge in [0, 0.05) is 0 Å². The van der Waals surface area contributed by atoms with Gasteiger partial charge in [0.15, 0.2) is 0 Å². The first-order valence-electron chi connectivity index (χ1n) is 8.04. The molecule has 0 unspecified atom stereocenters. The molecule has 0 spiro atoms. The molecule has 1 nitrogen and oxygen atoms in total. The molecule has 0 fully saturated rings. The third-order valence-corrected chi connectivity index (χ3v) is 4.36. The molecule has 0 aliphatic heterocycles. The van der Waals surface area contributed by atoms with Gasteiger partial charge in [0.2, 0.25) is 0 Å². The third kappa shape index (κ3) is 2.77. The Kier molecular flexibility index (Phi) is 3.76. The van der Waals surface area contributed by atoms with E-state index in [4.69, 9.17) is 0 Å². The third-order valence-electron chi connectivity index (χ3n) is 4.36. The highest BCUT2D eigenvalue weighted by atomic mass is 19.1. The maximum atomic E-state index is 13.6. The van der Waals surface area contributed by atoms with E-state index in [0.29, 0.717) is 11.1 Å². The maximum Gasteiger partial charge on any atom is 0.123 e. The van der Waals surface area contributed by atoms with Crippen LogP contribution in [0.15, 0.2) is 78.9 Å². The highest BCUT2D eigenvalue weighted by molar-refractivity contribution is 6.10. The lowest BCUT2D eigenvalue weighted by molar-refractivity contribution is 0.627. The Morgan fingerprint density at radius 1 is 0.800 bits per heavy atom. The number of hydrogen-bond acceptors (Lipinski definition) is 1. The van der Waals surface area contributed by atoms with Gasteiger partial charge < -0.3 is 0 Å². The number of allylic oxidation sites excluding steroid dienone is 1. The van der Waals surface area contributed by atoms with Crippen LogP contribution < -0.4 is 0 Å². The summed E-state index contributed by atoms with van der Waals surface area (Å²) in [7, 11) is 0. The summed E-state index contributed by atoms with van der Waals surface area (Å²) in [6, 6.07) is 26.7. The lowest BCUT2D eigenvalue weighted by Crippen LogP contribution is -1.87. The van der Waals surface area contributed by atoms with E-state index < -0.39 is 0 Å². The summed E-state index contributed by atoms with van der Waals surface area (Å²) in [5.74, 6) is -0.346. The van der Waals surface area contributed by atoms with Crippen molar-refractivity contribution in [2.45, 2.75) is 0 Å². The fourth-order valence-corrected chi connectivity index (χ4v) is 3.18.